The van der Waals surface area contributed by atoms with E-state index in [1.54, 1.807) is 6.92 Å². The van der Waals surface area contributed by atoms with Crippen LogP contribution in [0.2, 0.25) is 0 Å². The van der Waals surface area contributed by atoms with Crippen LogP contribution in [0.15, 0.2) is 24.3 Å². The van der Waals surface area contributed by atoms with Crippen molar-refractivity contribution in [3.63, 3.8) is 0 Å². The SMILES string of the molecule is CNC(=O)OC1(C)Oc2ccccc2C1C. The minimum Gasteiger partial charge on any atom is -0.451 e. The maximum atomic E-state index is 11.3. The minimum atomic E-state index is -0.927. The van der Waals surface area contributed by atoms with Crippen molar-refractivity contribution in [1.82, 2.24) is 5.32 Å². The Labute approximate surface area is 94.6 Å². The fourth-order valence-corrected chi connectivity index (χ4v) is 1.86. The van der Waals surface area contributed by atoms with E-state index < -0.39 is 11.9 Å². The van der Waals surface area contributed by atoms with E-state index in [-0.39, 0.29) is 5.92 Å². The van der Waals surface area contributed by atoms with Crippen molar-refractivity contribution in [3.8, 4) is 5.75 Å². The molecule has 0 aliphatic carbocycles. The van der Waals surface area contributed by atoms with E-state index in [1.807, 2.05) is 31.2 Å². The molecule has 0 saturated heterocycles. The van der Waals surface area contributed by atoms with Gasteiger partial charge in [0.1, 0.15) is 5.75 Å². The van der Waals surface area contributed by atoms with Crippen molar-refractivity contribution in [1.29, 1.82) is 0 Å². The molecule has 0 spiro atoms. The van der Waals surface area contributed by atoms with E-state index in [4.69, 9.17) is 9.47 Å². The van der Waals surface area contributed by atoms with E-state index in [2.05, 4.69) is 5.32 Å². The Morgan fingerprint density at radius 1 is 1.50 bits per heavy atom. The summed E-state index contributed by atoms with van der Waals surface area (Å²) < 4.78 is 11.0. The third-order valence-electron chi connectivity index (χ3n) is 2.98. The maximum absolute atomic E-state index is 11.3. The van der Waals surface area contributed by atoms with Crippen LogP contribution in [0.4, 0.5) is 4.79 Å². The van der Waals surface area contributed by atoms with Crippen LogP contribution in [0.25, 0.3) is 0 Å². The van der Waals surface area contributed by atoms with Gasteiger partial charge in [0.2, 0.25) is 0 Å². The second-order valence-electron chi connectivity index (χ2n) is 4.02. The van der Waals surface area contributed by atoms with Gasteiger partial charge in [0.05, 0.1) is 5.92 Å². The standard InChI is InChI=1S/C12H15NO3/c1-8-9-6-4-5-7-10(9)15-12(8,2)16-11(14)13-3/h4-8H,1-3H3,(H,13,14). The Morgan fingerprint density at radius 2 is 2.19 bits per heavy atom. The third kappa shape index (κ3) is 1.60. The molecule has 1 heterocycles. The Bertz CT molecular complexity index is 418. The first-order chi connectivity index (χ1) is 7.57. The zero-order chi connectivity index (χ0) is 11.8. The summed E-state index contributed by atoms with van der Waals surface area (Å²) >= 11 is 0. The normalized spacial score (nSPS) is 26.8. The lowest BCUT2D eigenvalue weighted by Crippen LogP contribution is -2.41. The van der Waals surface area contributed by atoms with Gasteiger partial charge in [-0.25, -0.2) is 4.79 Å². The van der Waals surface area contributed by atoms with Crippen LogP contribution in [0.3, 0.4) is 0 Å². The number of rotatable bonds is 1. The lowest BCUT2D eigenvalue weighted by Gasteiger charge is -2.27. The van der Waals surface area contributed by atoms with Crippen LogP contribution in [0, 0.1) is 0 Å². The molecular weight excluding hydrogens is 206 g/mol. The number of nitrogens with one attached hydrogen (secondary N) is 1. The summed E-state index contributed by atoms with van der Waals surface area (Å²) in [4.78, 5) is 11.3. The minimum absolute atomic E-state index is 0.0148. The molecule has 4 nitrogen and oxygen atoms in total. The Kier molecular flexibility index (Phi) is 2.50. The summed E-state index contributed by atoms with van der Waals surface area (Å²) in [6.45, 7) is 3.75. The van der Waals surface area contributed by atoms with E-state index in [0.717, 1.165) is 11.3 Å². The fourth-order valence-electron chi connectivity index (χ4n) is 1.86. The summed E-state index contributed by atoms with van der Waals surface area (Å²) in [5.74, 6) is -0.133. The van der Waals surface area contributed by atoms with E-state index >= 15 is 0 Å². The predicted octanol–water partition coefficient (Wildman–Crippen LogP) is 2.25. The first-order valence-corrected chi connectivity index (χ1v) is 5.25. The van der Waals surface area contributed by atoms with Crippen molar-refractivity contribution in [2.45, 2.75) is 25.6 Å². The van der Waals surface area contributed by atoms with Gasteiger partial charge in [-0.1, -0.05) is 25.1 Å². The molecule has 2 rings (SSSR count). The Morgan fingerprint density at radius 3 is 2.81 bits per heavy atom. The van der Waals surface area contributed by atoms with E-state index in [9.17, 15) is 4.79 Å². The largest absolute Gasteiger partial charge is 0.451 e. The topological polar surface area (TPSA) is 47.6 Å². The lowest BCUT2D eigenvalue weighted by molar-refractivity contribution is -0.123. The van der Waals surface area contributed by atoms with Crippen LogP contribution in [-0.2, 0) is 4.74 Å². The van der Waals surface area contributed by atoms with Gasteiger partial charge in [0.15, 0.2) is 0 Å². The Balaban J connectivity index is 2.26. The number of amides is 1. The molecule has 1 aromatic rings. The summed E-state index contributed by atoms with van der Waals surface area (Å²) in [6, 6.07) is 7.71. The maximum Gasteiger partial charge on any atom is 0.410 e. The average Bonchev–Trinajstić information content (AvgIpc) is 2.52. The molecule has 2 unspecified atom stereocenters. The number of para-hydroxylation sites is 1. The summed E-state index contributed by atoms with van der Waals surface area (Å²) in [5, 5.41) is 2.42. The monoisotopic (exact) mass is 221 g/mol. The van der Waals surface area contributed by atoms with Crippen molar-refractivity contribution in [2.75, 3.05) is 7.05 Å². The number of fused-ring (bicyclic) bond motifs is 1. The van der Waals surface area contributed by atoms with Crippen molar-refractivity contribution in [2.24, 2.45) is 0 Å². The molecule has 1 aliphatic rings. The molecule has 1 N–H and O–H groups in total. The van der Waals surface area contributed by atoms with Gasteiger partial charge in [0, 0.05) is 19.5 Å². The molecule has 0 saturated carbocycles. The van der Waals surface area contributed by atoms with Gasteiger partial charge >= 0.3 is 6.09 Å². The van der Waals surface area contributed by atoms with Gasteiger partial charge in [0.25, 0.3) is 5.79 Å². The van der Waals surface area contributed by atoms with Gasteiger partial charge in [-0.05, 0) is 6.07 Å². The first-order valence-electron chi connectivity index (χ1n) is 5.25. The fraction of sp³-hybridized carbons (Fsp3) is 0.417. The molecule has 0 radical (unpaired) electrons. The molecule has 1 amide bonds. The molecule has 4 heteroatoms. The molecule has 16 heavy (non-hydrogen) atoms. The van der Waals surface area contributed by atoms with Gasteiger partial charge in [-0.3, -0.25) is 0 Å². The van der Waals surface area contributed by atoms with Crippen molar-refractivity contribution >= 4 is 6.09 Å². The molecular formula is C12H15NO3. The smallest absolute Gasteiger partial charge is 0.410 e. The van der Waals surface area contributed by atoms with Crippen molar-refractivity contribution < 1.29 is 14.3 Å². The average molecular weight is 221 g/mol. The summed E-state index contributed by atoms with van der Waals surface area (Å²) in [6.07, 6.45) is -0.484. The molecule has 2 atom stereocenters. The number of carbonyl (C=O) groups excluding carboxylic acids is 1. The summed E-state index contributed by atoms with van der Waals surface area (Å²) in [5.41, 5.74) is 1.06. The second kappa shape index (κ2) is 3.70. The number of alkyl carbamates (subject to hydrolysis) is 1. The zero-order valence-corrected chi connectivity index (χ0v) is 9.61. The lowest BCUT2D eigenvalue weighted by atomic mass is 9.96. The highest BCUT2D eigenvalue weighted by Gasteiger charge is 2.45. The van der Waals surface area contributed by atoms with Crippen LogP contribution >= 0.6 is 0 Å². The number of ether oxygens (including phenoxy) is 2. The van der Waals surface area contributed by atoms with E-state index in [0.29, 0.717) is 0 Å². The number of hydrogen-bond acceptors (Lipinski definition) is 3. The van der Waals surface area contributed by atoms with E-state index in [1.165, 1.54) is 7.05 Å². The quantitative estimate of drug-likeness (QED) is 0.791. The van der Waals surface area contributed by atoms with Crippen LogP contribution in [0.1, 0.15) is 25.3 Å². The molecule has 0 fully saturated rings. The molecule has 1 aromatic carbocycles. The molecule has 1 aliphatic heterocycles. The summed E-state index contributed by atoms with van der Waals surface area (Å²) in [7, 11) is 1.53. The highest BCUT2D eigenvalue weighted by Crippen LogP contribution is 2.44. The second-order valence-corrected chi connectivity index (χ2v) is 4.02. The number of hydrogen-bond donors (Lipinski definition) is 1. The van der Waals surface area contributed by atoms with Crippen molar-refractivity contribution in [3.05, 3.63) is 29.8 Å². The third-order valence-corrected chi connectivity index (χ3v) is 2.98. The van der Waals surface area contributed by atoms with Gasteiger partial charge in [-0.15, -0.1) is 0 Å². The van der Waals surface area contributed by atoms with Crippen LogP contribution in [-0.4, -0.2) is 18.9 Å². The Hall–Kier alpha value is -1.71. The predicted molar refractivity (Wildman–Crippen MR) is 59.4 cm³/mol. The molecule has 86 valence electrons. The highest BCUT2D eigenvalue weighted by atomic mass is 16.7. The highest BCUT2D eigenvalue weighted by molar-refractivity contribution is 5.67. The van der Waals surface area contributed by atoms with Gasteiger partial charge < -0.3 is 14.8 Å². The zero-order valence-electron chi connectivity index (χ0n) is 9.61. The number of benzene rings is 1. The first kappa shape index (κ1) is 10.8. The van der Waals surface area contributed by atoms with Crippen LogP contribution < -0.4 is 10.1 Å². The molecule has 0 aromatic heterocycles. The van der Waals surface area contributed by atoms with Crippen LogP contribution in [0.5, 0.6) is 5.75 Å². The molecule has 0 bridgehead atoms. The van der Waals surface area contributed by atoms with Gasteiger partial charge in [-0.2, -0.15) is 0 Å². The number of carbonyl (C=O) groups is 1.